The molecule has 0 heterocycles. The molecule has 0 spiro atoms. The van der Waals surface area contributed by atoms with Gasteiger partial charge in [-0.2, -0.15) is 0 Å². The van der Waals surface area contributed by atoms with Crippen molar-refractivity contribution in [3.8, 4) is 5.75 Å². The summed E-state index contributed by atoms with van der Waals surface area (Å²) < 4.78 is 22.5. The Hall–Kier alpha value is -1.56. The summed E-state index contributed by atoms with van der Waals surface area (Å²) in [6.07, 6.45) is 0.984. The second kappa shape index (κ2) is 3.54. The molecule has 0 saturated heterocycles. The lowest BCUT2D eigenvalue weighted by atomic mass is 10.1. The van der Waals surface area contributed by atoms with E-state index >= 15 is 0 Å². The maximum atomic E-state index is 11.3. The number of rotatable bonds is 2. The van der Waals surface area contributed by atoms with Gasteiger partial charge in [0.05, 0.1) is 4.90 Å². The molecule has 82 valence electrons. The van der Waals surface area contributed by atoms with Gasteiger partial charge in [-0.15, -0.1) is 0 Å². The van der Waals surface area contributed by atoms with E-state index in [9.17, 15) is 18.3 Å². The molecule has 0 saturated carbocycles. The van der Waals surface area contributed by atoms with Gasteiger partial charge in [-0.3, -0.25) is 0 Å². The molecule has 0 bridgehead atoms. The molecule has 1 aromatic carbocycles. The predicted octanol–water partition coefficient (Wildman–Crippen LogP) is 0.802. The van der Waals surface area contributed by atoms with Gasteiger partial charge in [0.2, 0.25) is 0 Å². The Kier molecular flexibility index (Phi) is 2.72. The number of carboxylic acids is 1. The first kappa shape index (κ1) is 11.5. The van der Waals surface area contributed by atoms with Crippen molar-refractivity contribution >= 4 is 15.8 Å². The summed E-state index contributed by atoms with van der Waals surface area (Å²) in [6, 6.07) is 2.25. The molecule has 0 aromatic heterocycles. The quantitative estimate of drug-likeness (QED) is 0.784. The number of aromatic carboxylic acids is 1. The van der Waals surface area contributed by atoms with Crippen molar-refractivity contribution in [2.75, 3.05) is 6.26 Å². The van der Waals surface area contributed by atoms with E-state index in [0.717, 1.165) is 12.3 Å². The smallest absolute Gasteiger partial charge is 0.339 e. The van der Waals surface area contributed by atoms with E-state index in [4.69, 9.17) is 5.11 Å². The summed E-state index contributed by atoms with van der Waals surface area (Å²) in [6.45, 7) is 1.35. The first-order chi connectivity index (χ1) is 6.75. The van der Waals surface area contributed by atoms with Crippen LogP contribution in [0.25, 0.3) is 0 Å². The van der Waals surface area contributed by atoms with Crippen molar-refractivity contribution in [1.82, 2.24) is 0 Å². The lowest BCUT2D eigenvalue weighted by molar-refractivity contribution is 0.0692. The molecular weight excluding hydrogens is 220 g/mol. The van der Waals surface area contributed by atoms with Crippen LogP contribution in [0, 0.1) is 6.92 Å². The van der Waals surface area contributed by atoms with Gasteiger partial charge in [-0.05, 0) is 24.6 Å². The normalized spacial score (nSPS) is 11.3. The zero-order valence-electron chi connectivity index (χ0n) is 8.18. The van der Waals surface area contributed by atoms with Crippen LogP contribution in [0.4, 0.5) is 0 Å². The molecule has 0 fully saturated rings. The molecule has 5 nitrogen and oxygen atoms in total. The summed E-state index contributed by atoms with van der Waals surface area (Å²) >= 11 is 0. The van der Waals surface area contributed by atoms with Gasteiger partial charge in [-0.1, -0.05) is 0 Å². The summed E-state index contributed by atoms with van der Waals surface area (Å²) in [5.41, 5.74) is -0.331. The zero-order valence-corrected chi connectivity index (χ0v) is 9.00. The van der Waals surface area contributed by atoms with Crippen LogP contribution in [0.3, 0.4) is 0 Å². The average molecular weight is 230 g/mol. The molecular formula is C9H10O5S. The SMILES string of the molecule is Cc1c(S(C)(=O)=O)ccc(O)c1C(=O)O. The van der Waals surface area contributed by atoms with Crippen molar-refractivity contribution in [3.05, 3.63) is 23.3 Å². The van der Waals surface area contributed by atoms with Crippen molar-refractivity contribution in [2.24, 2.45) is 0 Å². The van der Waals surface area contributed by atoms with Crippen LogP contribution in [0.1, 0.15) is 15.9 Å². The Bertz CT molecular complexity index is 516. The average Bonchev–Trinajstić information content (AvgIpc) is 2.00. The molecule has 2 N–H and O–H groups in total. The van der Waals surface area contributed by atoms with Gasteiger partial charge in [0.25, 0.3) is 0 Å². The second-order valence-corrected chi connectivity index (χ2v) is 5.14. The first-order valence-electron chi connectivity index (χ1n) is 4.01. The van der Waals surface area contributed by atoms with Crippen LogP contribution in [-0.2, 0) is 9.84 Å². The van der Waals surface area contributed by atoms with Crippen LogP contribution in [0.2, 0.25) is 0 Å². The third-order valence-electron chi connectivity index (χ3n) is 2.01. The molecule has 0 atom stereocenters. The number of benzene rings is 1. The molecule has 0 unspecified atom stereocenters. The van der Waals surface area contributed by atoms with Gasteiger partial charge >= 0.3 is 5.97 Å². The maximum absolute atomic E-state index is 11.3. The highest BCUT2D eigenvalue weighted by Crippen LogP contribution is 2.26. The lowest BCUT2D eigenvalue weighted by Gasteiger charge is -2.08. The molecule has 0 radical (unpaired) electrons. The van der Waals surface area contributed by atoms with Crippen molar-refractivity contribution in [1.29, 1.82) is 0 Å². The van der Waals surface area contributed by atoms with E-state index in [1.54, 1.807) is 0 Å². The highest BCUT2D eigenvalue weighted by atomic mass is 32.2. The van der Waals surface area contributed by atoms with Crippen LogP contribution in [-0.4, -0.2) is 30.9 Å². The monoisotopic (exact) mass is 230 g/mol. The molecule has 1 aromatic rings. The fourth-order valence-electron chi connectivity index (χ4n) is 1.35. The van der Waals surface area contributed by atoms with Crippen molar-refractivity contribution in [3.63, 3.8) is 0 Å². The van der Waals surface area contributed by atoms with Crippen LogP contribution in [0.5, 0.6) is 5.75 Å². The minimum Gasteiger partial charge on any atom is -0.507 e. The third kappa shape index (κ3) is 2.10. The number of phenols is 1. The van der Waals surface area contributed by atoms with Crippen molar-refractivity contribution < 1.29 is 23.4 Å². The second-order valence-electron chi connectivity index (χ2n) is 3.16. The van der Waals surface area contributed by atoms with Crippen molar-refractivity contribution in [2.45, 2.75) is 11.8 Å². The van der Waals surface area contributed by atoms with E-state index in [1.165, 1.54) is 13.0 Å². The molecule has 0 aliphatic carbocycles. The number of hydrogen-bond donors (Lipinski definition) is 2. The van der Waals surface area contributed by atoms with E-state index < -0.39 is 21.6 Å². The number of carbonyl (C=O) groups is 1. The van der Waals surface area contributed by atoms with E-state index in [-0.39, 0.29) is 16.0 Å². The van der Waals surface area contributed by atoms with Crippen LogP contribution >= 0.6 is 0 Å². The summed E-state index contributed by atoms with van der Waals surface area (Å²) in [5, 5.41) is 18.1. The Morgan fingerprint density at radius 1 is 1.33 bits per heavy atom. The molecule has 1 rings (SSSR count). The number of sulfone groups is 1. The van der Waals surface area contributed by atoms with Crippen LogP contribution < -0.4 is 0 Å². The van der Waals surface area contributed by atoms with Gasteiger partial charge in [0.1, 0.15) is 11.3 Å². The molecule has 0 aliphatic rings. The third-order valence-corrected chi connectivity index (χ3v) is 3.25. The number of carboxylic acid groups (broad SMARTS) is 1. The topological polar surface area (TPSA) is 91.7 Å². The summed E-state index contributed by atoms with van der Waals surface area (Å²) in [4.78, 5) is 10.7. The van der Waals surface area contributed by atoms with Crippen LogP contribution in [0.15, 0.2) is 17.0 Å². The Morgan fingerprint density at radius 2 is 1.87 bits per heavy atom. The molecule has 0 amide bonds. The van der Waals surface area contributed by atoms with E-state index in [2.05, 4.69) is 0 Å². The zero-order chi connectivity index (χ0) is 11.8. The molecule has 0 aliphatic heterocycles. The summed E-state index contributed by atoms with van der Waals surface area (Å²) in [5.74, 6) is -1.79. The fraction of sp³-hybridized carbons (Fsp3) is 0.222. The van der Waals surface area contributed by atoms with E-state index in [0.29, 0.717) is 0 Å². The Morgan fingerprint density at radius 3 is 2.27 bits per heavy atom. The standard InChI is InChI=1S/C9H10O5S/c1-5-7(15(2,13)14)4-3-6(10)8(5)9(11)12/h3-4,10H,1-2H3,(H,11,12). The molecule has 6 heteroatoms. The van der Waals surface area contributed by atoms with Gasteiger partial charge in [0.15, 0.2) is 9.84 Å². The summed E-state index contributed by atoms with van der Waals surface area (Å²) in [7, 11) is -3.48. The predicted molar refractivity (Wildman–Crippen MR) is 52.9 cm³/mol. The number of hydrogen-bond acceptors (Lipinski definition) is 4. The Labute approximate surface area is 86.9 Å². The minimum absolute atomic E-state index is 0.0463. The Balaban J connectivity index is 3.64. The fourth-order valence-corrected chi connectivity index (χ4v) is 2.32. The largest absolute Gasteiger partial charge is 0.507 e. The minimum atomic E-state index is -3.48. The maximum Gasteiger partial charge on any atom is 0.339 e. The van der Waals surface area contributed by atoms with Gasteiger partial charge in [0, 0.05) is 6.26 Å². The highest BCUT2D eigenvalue weighted by Gasteiger charge is 2.20. The van der Waals surface area contributed by atoms with E-state index in [1.807, 2.05) is 0 Å². The van der Waals surface area contributed by atoms with Gasteiger partial charge < -0.3 is 10.2 Å². The molecule has 15 heavy (non-hydrogen) atoms. The van der Waals surface area contributed by atoms with Gasteiger partial charge in [-0.25, -0.2) is 13.2 Å². The highest BCUT2D eigenvalue weighted by molar-refractivity contribution is 7.90. The lowest BCUT2D eigenvalue weighted by Crippen LogP contribution is -2.07. The number of aromatic hydroxyl groups is 1. The first-order valence-corrected chi connectivity index (χ1v) is 5.90.